The molecule has 4 aromatic rings. The van der Waals surface area contributed by atoms with Crippen LogP contribution in [0.4, 0.5) is 13.2 Å². The van der Waals surface area contributed by atoms with Crippen molar-refractivity contribution in [1.82, 2.24) is 9.88 Å². The van der Waals surface area contributed by atoms with Crippen LogP contribution in [0.5, 0.6) is 0 Å². The minimum absolute atomic E-state index is 0.141. The monoisotopic (exact) mass is 550 g/mol. The van der Waals surface area contributed by atoms with E-state index in [1.807, 2.05) is 0 Å². The summed E-state index contributed by atoms with van der Waals surface area (Å²) in [4.78, 5) is 38.2. The Hall–Kier alpha value is -4.44. The fourth-order valence-electron chi connectivity index (χ4n) is 5.34. The van der Waals surface area contributed by atoms with Gasteiger partial charge in [-0.15, -0.1) is 0 Å². The lowest BCUT2D eigenvalue weighted by molar-refractivity contribution is -0.139. The van der Waals surface area contributed by atoms with Gasteiger partial charge in [-0.1, -0.05) is 18.2 Å². The Morgan fingerprint density at radius 2 is 1.80 bits per heavy atom. The van der Waals surface area contributed by atoms with Gasteiger partial charge in [0.25, 0.3) is 11.5 Å². The topological polar surface area (TPSA) is 97.6 Å². The molecule has 0 spiro atoms. The zero-order chi connectivity index (χ0) is 28.7. The van der Waals surface area contributed by atoms with Gasteiger partial charge < -0.3 is 19.7 Å². The van der Waals surface area contributed by atoms with Gasteiger partial charge >= 0.3 is 5.97 Å². The molecule has 0 radical (unpaired) electrons. The number of aromatic nitrogens is 1. The number of aliphatic carboxylic acids is 1. The smallest absolute Gasteiger partial charge is 0.326 e. The minimum Gasteiger partial charge on any atom is -0.480 e. The molecular formula is C30H25F3N2O5. The van der Waals surface area contributed by atoms with E-state index in [2.05, 4.69) is 5.32 Å². The molecular weight excluding hydrogens is 525 g/mol. The van der Waals surface area contributed by atoms with Crippen molar-refractivity contribution in [2.45, 2.75) is 32.4 Å². The van der Waals surface area contributed by atoms with Crippen LogP contribution in [0.25, 0.3) is 22.0 Å². The second kappa shape index (κ2) is 10.6. The highest BCUT2D eigenvalue weighted by Gasteiger charge is 2.28. The first-order valence-electron chi connectivity index (χ1n) is 12.6. The molecule has 206 valence electrons. The van der Waals surface area contributed by atoms with Gasteiger partial charge in [-0.2, -0.15) is 0 Å². The molecule has 2 heterocycles. The second-order valence-corrected chi connectivity index (χ2v) is 9.72. The maximum Gasteiger partial charge on any atom is 0.326 e. The number of nitrogens with one attached hydrogen (secondary N) is 1. The summed E-state index contributed by atoms with van der Waals surface area (Å²) in [6.45, 7) is 2.27. The number of aryl methyl sites for hydroxylation is 2. The van der Waals surface area contributed by atoms with Crippen LogP contribution in [0.2, 0.25) is 0 Å². The van der Waals surface area contributed by atoms with E-state index in [1.54, 1.807) is 32.2 Å². The fraction of sp³-hybridized carbons (Fsp3) is 0.233. The van der Waals surface area contributed by atoms with Crippen LogP contribution in [-0.2, 0) is 36.0 Å². The zero-order valence-electron chi connectivity index (χ0n) is 21.7. The maximum atomic E-state index is 14.1. The number of pyridine rings is 1. The van der Waals surface area contributed by atoms with Gasteiger partial charge in [0.2, 0.25) is 0 Å². The van der Waals surface area contributed by atoms with E-state index in [9.17, 15) is 32.7 Å². The van der Waals surface area contributed by atoms with Crippen LogP contribution in [0, 0.1) is 24.4 Å². The molecule has 2 N–H and O–H groups in total. The molecule has 0 saturated carbocycles. The van der Waals surface area contributed by atoms with Gasteiger partial charge in [0.15, 0.2) is 0 Å². The highest BCUT2D eigenvalue weighted by Crippen LogP contribution is 2.35. The van der Waals surface area contributed by atoms with Crippen molar-refractivity contribution in [2.75, 3.05) is 6.61 Å². The molecule has 1 amide bonds. The number of carbonyl (C=O) groups is 2. The Morgan fingerprint density at radius 3 is 2.50 bits per heavy atom. The van der Waals surface area contributed by atoms with Crippen molar-refractivity contribution in [2.24, 2.45) is 7.05 Å². The van der Waals surface area contributed by atoms with Crippen LogP contribution in [0.1, 0.15) is 32.6 Å². The standard InChI is InChI=1S/C30H25F3N2O5/c1-15-20-13-17(31)7-9-25(20)35(2)29(37)26(15)19-8-6-16(21-14-40-11-10-18(19)21)12-24(30(38)39)34-28(36)27-22(32)4-3-5-23(27)33/h3-9,13,24H,10-12,14H2,1-2H3,(H,34,36)(H,38,39). The van der Waals surface area contributed by atoms with Crippen molar-refractivity contribution < 1.29 is 32.6 Å². The predicted octanol–water partition coefficient (Wildman–Crippen LogP) is 4.43. The number of hydrogen-bond donors (Lipinski definition) is 2. The van der Waals surface area contributed by atoms with Gasteiger partial charge in [0, 0.05) is 18.9 Å². The minimum atomic E-state index is -1.50. The third-order valence-electron chi connectivity index (χ3n) is 7.38. The molecule has 5 rings (SSSR count). The summed E-state index contributed by atoms with van der Waals surface area (Å²) >= 11 is 0. The molecule has 3 aromatic carbocycles. The van der Waals surface area contributed by atoms with Crippen molar-refractivity contribution in [3.8, 4) is 11.1 Å². The molecule has 0 fully saturated rings. The third kappa shape index (κ3) is 4.75. The summed E-state index contributed by atoms with van der Waals surface area (Å²) in [7, 11) is 1.62. The Kier molecular flexibility index (Phi) is 7.20. The van der Waals surface area contributed by atoms with Crippen LogP contribution in [0.15, 0.2) is 53.3 Å². The number of carboxylic acids is 1. The largest absolute Gasteiger partial charge is 0.480 e. The molecule has 0 aliphatic carbocycles. The Labute approximate surface area is 226 Å². The van der Waals surface area contributed by atoms with Crippen LogP contribution in [0.3, 0.4) is 0 Å². The maximum absolute atomic E-state index is 14.1. The van der Waals surface area contributed by atoms with E-state index < -0.39 is 40.9 Å². The van der Waals surface area contributed by atoms with E-state index >= 15 is 0 Å². The number of carbonyl (C=O) groups excluding carboxylic acids is 1. The van der Waals surface area contributed by atoms with Gasteiger partial charge in [-0.3, -0.25) is 9.59 Å². The van der Waals surface area contributed by atoms with Crippen molar-refractivity contribution in [1.29, 1.82) is 0 Å². The second-order valence-electron chi connectivity index (χ2n) is 9.72. The van der Waals surface area contributed by atoms with Crippen LogP contribution >= 0.6 is 0 Å². The first kappa shape index (κ1) is 27.1. The highest BCUT2D eigenvalue weighted by molar-refractivity contribution is 5.97. The first-order valence-corrected chi connectivity index (χ1v) is 12.6. The molecule has 1 aliphatic heterocycles. The summed E-state index contributed by atoms with van der Waals surface area (Å²) in [6, 6.07) is 9.04. The summed E-state index contributed by atoms with van der Waals surface area (Å²) in [5, 5.41) is 12.6. The molecule has 1 aromatic heterocycles. The molecule has 40 heavy (non-hydrogen) atoms. The highest BCUT2D eigenvalue weighted by atomic mass is 19.1. The molecule has 0 bridgehead atoms. The van der Waals surface area contributed by atoms with Gasteiger partial charge in [0.05, 0.1) is 24.3 Å². The number of carboxylic acid groups (broad SMARTS) is 1. The van der Waals surface area contributed by atoms with Gasteiger partial charge in [0.1, 0.15) is 29.1 Å². The van der Waals surface area contributed by atoms with E-state index in [1.165, 1.54) is 16.7 Å². The summed E-state index contributed by atoms with van der Waals surface area (Å²) in [5.41, 5.74) is 3.11. The number of amides is 1. The lowest BCUT2D eigenvalue weighted by Crippen LogP contribution is -2.43. The number of fused-ring (bicyclic) bond motifs is 2. The van der Waals surface area contributed by atoms with Crippen molar-refractivity contribution >= 4 is 22.8 Å². The van der Waals surface area contributed by atoms with E-state index in [0.29, 0.717) is 51.7 Å². The number of ether oxygens (including phenoxy) is 1. The lowest BCUT2D eigenvalue weighted by Gasteiger charge is -2.25. The number of hydrogen-bond acceptors (Lipinski definition) is 4. The third-order valence-corrected chi connectivity index (χ3v) is 7.38. The van der Waals surface area contributed by atoms with Crippen LogP contribution in [-0.4, -0.2) is 34.2 Å². The SMILES string of the molecule is Cc1c(-c2ccc(CC(NC(=O)c3c(F)cccc3F)C(=O)O)c3c2CCOC3)c(=O)n(C)c2ccc(F)cc12. The molecule has 1 atom stereocenters. The average Bonchev–Trinajstić information content (AvgIpc) is 2.92. The van der Waals surface area contributed by atoms with Crippen LogP contribution < -0.4 is 10.9 Å². The quantitative estimate of drug-likeness (QED) is 0.370. The van der Waals surface area contributed by atoms with E-state index in [4.69, 9.17) is 4.74 Å². The normalized spacial score (nSPS) is 13.6. The summed E-state index contributed by atoms with van der Waals surface area (Å²) in [5.74, 6) is -5.22. The van der Waals surface area contributed by atoms with Crippen molar-refractivity contribution in [3.63, 3.8) is 0 Å². The van der Waals surface area contributed by atoms with E-state index in [0.717, 1.165) is 23.8 Å². The van der Waals surface area contributed by atoms with Gasteiger partial charge in [-0.25, -0.2) is 18.0 Å². The van der Waals surface area contributed by atoms with Crippen molar-refractivity contribution in [3.05, 3.63) is 104 Å². The molecule has 10 heteroatoms. The molecule has 1 aliphatic rings. The number of halogens is 3. The predicted molar refractivity (Wildman–Crippen MR) is 142 cm³/mol. The Bertz CT molecular complexity index is 1730. The molecule has 7 nitrogen and oxygen atoms in total. The molecule has 0 saturated heterocycles. The Balaban J connectivity index is 1.57. The number of benzene rings is 3. The summed E-state index contributed by atoms with van der Waals surface area (Å²) in [6.07, 6.45) is 0.246. The number of rotatable bonds is 6. The average molecular weight is 551 g/mol. The zero-order valence-corrected chi connectivity index (χ0v) is 21.7. The Morgan fingerprint density at radius 1 is 1.07 bits per heavy atom. The summed E-state index contributed by atoms with van der Waals surface area (Å²) < 4.78 is 49.5. The molecule has 1 unspecified atom stereocenters. The van der Waals surface area contributed by atoms with E-state index in [-0.39, 0.29) is 18.6 Å². The number of nitrogens with zero attached hydrogens (tertiary/aromatic N) is 1. The lowest BCUT2D eigenvalue weighted by atomic mass is 9.86. The first-order chi connectivity index (χ1) is 19.1. The fourth-order valence-corrected chi connectivity index (χ4v) is 5.34. The van der Waals surface area contributed by atoms with Gasteiger partial charge in [-0.05, 0) is 71.5 Å².